The number of amides is 2. The van der Waals surface area contributed by atoms with E-state index in [2.05, 4.69) is 5.32 Å². The molecule has 2 amide bonds. The number of benzene rings is 2. The van der Waals surface area contributed by atoms with E-state index in [0.29, 0.717) is 24.5 Å². The molecule has 2 aromatic carbocycles. The molecule has 0 aliphatic rings. The van der Waals surface area contributed by atoms with Crippen molar-refractivity contribution in [2.75, 3.05) is 23.7 Å². The molecule has 0 aromatic heterocycles. The van der Waals surface area contributed by atoms with Crippen molar-refractivity contribution >= 4 is 27.5 Å². The van der Waals surface area contributed by atoms with Gasteiger partial charge < -0.3 is 15.0 Å². The Morgan fingerprint density at radius 3 is 2.06 bits per heavy atom. The van der Waals surface area contributed by atoms with Crippen LogP contribution in [0.25, 0.3) is 0 Å². The van der Waals surface area contributed by atoms with Gasteiger partial charge in [0.25, 0.3) is 0 Å². The first-order valence-electron chi connectivity index (χ1n) is 12.1. The second kappa shape index (κ2) is 12.3. The van der Waals surface area contributed by atoms with Gasteiger partial charge in [0.05, 0.1) is 18.6 Å². The first-order chi connectivity index (χ1) is 16.7. The van der Waals surface area contributed by atoms with Crippen LogP contribution in [-0.2, 0) is 26.2 Å². The maximum atomic E-state index is 13.7. The second-order valence-corrected chi connectivity index (χ2v) is 11.8. The first kappa shape index (κ1) is 29.2. The lowest BCUT2D eigenvalue weighted by molar-refractivity contribution is -0.141. The zero-order chi connectivity index (χ0) is 27.1. The number of rotatable bonds is 11. The van der Waals surface area contributed by atoms with Crippen LogP contribution < -0.4 is 14.4 Å². The minimum Gasteiger partial charge on any atom is -0.494 e. The normalized spacial score (nSPS) is 12.5. The van der Waals surface area contributed by atoms with Gasteiger partial charge >= 0.3 is 0 Å². The van der Waals surface area contributed by atoms with Gasteiger partial charge in [0.1, 0.15) is 18.3 Å². The Kier molecular flexibility index (Phi) is 9.93. The topological polar surface area (TPSA) is 96.0 Å². The van der Waals surface area contributed by atoms with E-state index < -0.39 is 34.1 Å². The van der Waals surface area contributed by atoms with Gasteiger partial charge in [0.2, 0.25) is 21.8 Å². The SMILES string of the molecule is CCOc1ccc(N(CC(=O)N(Cc2ccc(C)cc2)C(CC)C(=O)NC(C)(C)C)S(C)(=O)=O)cc1. The van der Waals surface area contributed by atoms with Crippen LogP contribution in [0.1, 0.15) is 52.2 Å². The molecule has 0 bridgehead atoms. The van der Waals surface area contributed by atoms with Gasteiger partial charge in [-0.2, -0.15) is 0 Å². The minimum atomic E-state index is -3.79. The smallest absolute Gasteiger partial charge is 0.244 e. The van der Waals surface area contributed by atoms with Gasteiger partial charge in [-0.1, -0.05) is 36.8 Å². The number of carbonyl (C=O) groups is 2. The summed E-state index contributed by atoms with van der Waals surface area (Å²) in [5.41, 5.74) is 1.79. The summed E-state index contributed by atoms with van der Waals surface area (Å²) < 4.78 is 31.9. The molecule has 0 saturated heterocycles. The van der Waals surface area contributed by atoms with Gasteiger partial charge in [-0.05, 0) is 70.9 Å². The van der Waals surface area contributed by atoms with Crippen LogP contribution in [0, 0.1) is 6.92 Å². The summed E-state index contributed by atoms with van der Waals surface area (Å²) in [6.45, 7) is 11.5. The maximum Gasteiger partial charge on any atom is 0.244 e. The van der Waals surface area contributed by atoms with Gasteiger partial charge in [-0.15, -0.1) is 0 Å². The predicted molar refractivity (Wildman–Crippen MR) is 144 cm³/mol. The Bertz CT molecular complexity index is 1120. The highest BCUT2D eigenvalue weighted by molar-refractivity contribution is 7.92. The van der Waals surface area contributed by atoms with E-state index in [9.17, 15) is 18.0 Å². The lowest BCUT2D eigenvalue weighted by Gasteiger charge is -2.34. The Morgan fingerprint density at radius 2 is 1.58 bits per heavy atom. The number of ether oxygens (including phenoxy) is 1. The fourth-order valence-corrected chi connectivity index (χ4v) is 4.60. The largest absolute Gasteiger partial charge is 0.494 e. The number of nitrogens with zero attached hydrogens (tertiary/aromatic N) is 2. The van der Waals surface area contributed by atoms with Gasteiger partial charge in [-0.25, -0.2) is 8.42 Å². The number of hydrogen-bond acceptors (Lipinski definition) is 5. The third kappa shape index (κ3) is 8.55. The van der Waals surface area contributed by atoms with E-state index in [1.807, 2.05) is 65.8 Å². The number of sulfonamides is 1. The van der Waals surface area contributed by atoms with Crippen molar-refractivity contribution < 1.29 is 22.7 Å². The van der Waals surface area contributed by atoms with Crippen molar-refractivity contribution in [3.63, 3.8) is 0 Å². The monoisotopic (exact) mass is 517 g/mol. The van der Waals surface area contributed by atoms with Crippen molar-refractivity contribution in [1.29, 1.82) is 0 Å². The molecule has 0 heterocycles. The van der Waals surface area contributed by atoms with E-state index in [-0.39, 0.29) is 12.5 Å². The van der Waals surface area contributed by atoms with E-state index in [0.717, 1.165) is 21.7 Å². The molecule has 1 atom stereocenters. The van der Waals surface area contributed by atoms with Crippen LogP contribution in [0.3, 0.4) is 0 Å². The predicted octanol–water partition coefficient (Wildman–Crippen LogP) is 3.88. The second-order valence-electron chi connectivity index (χ2n) is 9.87. The molecule has 0 aliphatic heterocycles. The third-order valence-electron chi connectivity index (χ3n) is 5.47. The number of aryl methyl sites for hydroxylation is 1. The van der Waals surface area contributed by atoms with Crippen LogP contribution in [0.5, 0.6) is 5.75 Å². The molecule has 8 nitrogen and oxygen atoms in total. The molecule has 0 radical (unpaired) electrons. The fraction of sp³-hybridized carbons (Fsp3) is 0.481. The molecule has 9 heteroatoms. The summed E-state index contributed by atoms with van der Waals surface area (Å²) in [4.78, 5) is 28.4. The van der Waals surface area contributed by atoms with E-state index in [4.69, 9.17) is 4.74 Å². The lowest BCUT2D eigenvalue weighted by Crippen LogP contribution is -2.55. The summed E-state index contributed by atoms with van der Waals surface area (Å²) in [6, 6.07) is 13.5. The van der Waals surface area contributed by atoms with Crippen molar-refractivity contribution in [2.45, 2.75) is 66.1 Å². The summed E-state index contributed by atoms with van der Waals surface area (Å²) in [5, 5.41) is 2.96. The Balaban J connectivity index is 2.42. The van der Waals surface area contributed by atoms with Crippen LogP contribution >= 0.6 is 0 Å². The molecule has 0 saturated carbocycles. The van der Waals surface area contributed by atoms with Crippen LogP contribution in [0.4, 0.5) is 5.69 Å². The van der Waals surface area contributed by atoms with E-state index in [1.54, 1.807) is 24.3 Å². The standard InChI is InChI=1S/C27H39N3O5S/c1-8-24(26(32)28-27(4,5)6)29(18-21-12-10-20(3)11-13-21)25(31)19-30(36(7,33)34)22-14-16-23(17-15-22)35-9-2/h10-17,24H,8-9,18-19H2,1-7H3,(H,28,32). The zero-order valence-corrected chi connectivity index (χ0v) is 23.2. The Hall–Kier alpha value is -3.07. The third-order valence-corrected chi connectivity index (χ3v) is 6.61. The summed E-state index contributed by atoms with van der Waals surface area (Å²) in [6.07, 6.45) is 1.44. The fourth-order valence-electron chi connectivity index (χ4n) is 3.75. The van der Waals surface area contributed by atoms with Gasteiger partial charge in [0.15, 0.2) is 0 Å². The molecule has 0 spiro atoms. The summed E-state index contributed by atoms with van der Waals surface area (Å²) in [5.74, 6) is -0.143. The average molecular weight is 518 g/mol. The van der Waals surface area contributed by atoms with Gasteiger partial charge in [-0.3, -0.25) is 13.9 Å². The number of nitrogens with one attached hydrogen (secondary N) is 1. The molecular formula is C27H39N3O5S. The maximum absolute atomic E-state index is 13.7. The highest BCUT2D eigenvalue weighted by Crippen LogP contribution is 2.23. The lowest BCUT2D eigenvalue weighted by atomic mass is 10.1. The molecule has 2 aromatic rings. The average Bonchev–Trinajstić information content (AvgIpc) is 2.77. The van der Waals surface area contributed by atoms with E-state index >= 15 is 0 Å². The summed E-state index contributed by atoms with van der Waals surface area (Å²) >= 11 is 0. The molecular weight excluding hydrogens is 478 g/mol. The molecule has 2 rings (SSSR count). The first-order valence-corrected chi connectivity index (χ1v) is 14.0. The molecule has 0 aliphatic carbocycles. The molecule has 198 valence electrons. The number of carbonyl (C=O) groups excluding carboxylic acids is 2. The molecule has 1 unspecified atom stereocenters. The molecule has 1 N–H and O–H groups in total. The van der Waals surface area contributed by atoms with Crippen LogP contribution in [0.15, 0.2) is 48.5 Å². The molecule has 0 fully saturated rings. The zero-order valence-electron chi connectivity index (χ0n) is 22.4. The Morgan fingerprint density at radius 1 is 1.00 bits per heavy atom. The highest BCUT2D eigenvalue weighted by Gasteiger charge is 2.33. The highest BCUT2D eigenvalue weighted by atomic mass is 32.2. The summed E-state index contributed by atoms with van der Waals surface area (Å²) in [7, 11) is -3.79. The van der Waals surface area contributed by atoms with Crippen molar-refractivity contribution in [3.8, 4) is 5.75 Å². The van der Waals surface area contributed by atoms with Crippen molar-refractivity contribution in [1.82, 2.24) is 10.2 Å². The van der Waals surface area contributed by atoms with Crippen LogP contribution in [0.2, 0.25) is 0 Å². The molecule has 36 heavy (non-hydrogen) atoms. The van der Waals surface area contributed by atoms with Crippen molar-refractivity contribution in [2.24, 2.45) is 0 Å². The van der Waals surface area contributed by atoms with Gasteiger partial charge in [0, 0.05) is 12.1 Å². The Labute approximate surface area is 215 Å². The number of hydrogen-bond donors (Lipinski definition) is 1. The van der Waals surface area contributed by atoms with Crippen LogP contribution in [-0.4, -0.2) is 56.1 Å². The minimum absolute atomic E-state index is 0.177. The quantitative estimate of drug-likeness (QED) is 0.488. The van der Waals surface area contributed by atoms with Crippen molar-refractivity contribution in [3.05, 3.63) is 59.7 Å². The van der Waals surface area contributed by atoms with E-state index in [1.165, 1.54) is 4.90 Å². The number of anilines is 1.